The van der Waals surface area contributed by atoms with Crippen molar-refractivity contribution in [1.29, 1.82) is 0 Å². The van der Waals surface area contributed by atoms with Crippen molar-refractivity contribution in [2.24, 2.45) is 0 Å². The number of hydrogen-bond acceptors (Lipinski definition) is 1. The van der Waals surface area contributed by atoms with Crippen molar-refractivity contribution in [1.82, 2.24) is 0 Å². The van der Waals surface area contributed by atoms with Crippen LogP contribution >= 0.6 is 0 Å². The Kier molecular flexibility index (Phi) is 19.4. The molecule has 0 aliphatic carbocycles. The molecule has 0 amide bonds. The van der Waals surface area contributed by atoms with Gasteiger partial charge in [-0.05, 0) is 12.8 Å². The predicted octanol–water partition coefficient (Wildman–Crippen LogP) is 7.82. The Bertz CT molecular complexity index is 234. The number of Topliss-reactive ketones (excluding diaryl/α,β-unsaturated/α-hetero) is 1. The molecule has 0 atom stereocenters. The summed E-state index contributed by atoms with van der Waals surface area (Å²) in [7, 11) is 0. The van der Waals surface area contributed by atoms with Gasteiger partial charge in [0, 0.05) is 12.8 Å². The number of carbonyl (C=O) groups excluding carboxylic acids is 1. The minimum absolute atomic E-state index is 0.345. The highest BCUT2D eigenvalue weighted by Crippen LogP contribution is 2.14. The van der Waals surface area contributed by atoms with Gasteiger partial charge in [-0.1, -0.05) is 110 Å². The van der Waals surface area contributed by atoms with E-state index in [4.69, 9.17) is 0 Å². The van der Waals surface area contributed by atoms with E-state index in [1.807, 2.05) is 6.42 Å². The molecule has 137 valence electrons. The number of ketones is 1. The zero-order valence-corrected chi connectivity index (χ0v) is 16.2. The molecule has 1 heteroatoms. The van der Waals surface area contributed by atoms with E-state index in [1.54, 1.807) is 0 Å². The lowest BCUT2D eigenvalue weighted by molar-refractivity contribution is -0.116. The molecule has 1 nitrogen and oxygen atoms in total. The molecule has 0 spiro atoms. The fourth-order valence-corrected chi connectivity index (χ4v) is 3.13. The second-order valence-corrected chi connectivity index (χ2v) is 7.16. The molecule has 0 aromatic heterocycles. The Morgan fingerprint density at radius 2 is 0.957 bits per heavy atom. The molecule has 0 heterocycles. The highest BCUT2D eigenvalue weighted by atomic mass is 16.1. The van der Waals surface area contributed by atoms with Crippen LogP contribution in [0.5, 0.6) is 0 Å². The lowest BCUT2D eigenvalue weighted by Crippen LogP contribution is -1.97. The molecule has 0 aliphatic heterocycles. The van der Waals surface area contributed by atoms with Gasteiger partial charge in [-0.2, -0.15) is 0 Å². The van der Waals surface area contributed by atoms with E-state index in [9.17, 15) is 4.79 Å². The first-order valence-electron chi connectivity index (χ1n) is 10.7. The van der Waals surface area contributed by atoms with Gasteiger partial charge in [-0.25, -0.2) is 0 Å². The predicted molar refractivity (Wildman–Crippen MR) is 104 cm³/mol. The van der Waals surface area contributed by atoms with Crippen LogP contribution in [0.2, 0.25) is 0 Å². The molecule has 0 aromatic rings. The molecule has 0 aliphatic rings. The molecule has 0 N–H and O–H groups in total. The summed E-state index contributed by atoms with van der Waals surface area (Å²) in [5.74, 6) is 0.345. The van der Waals surface area contributed by atoms with Crippen molar-refractivity contribution < 1.29 is 4.79 Å². The van der Waals surface area contributed by atoms with Crippen LogP contribution in [0.25, 0.3) is 0 Å². The minimum atomic E-state index is 0.345. The third-order valence-electron chi connectivity index (χ3n) is 4.68. The topological polar surface area (TPSA) is 17.1 Å². The summed E-state index contributed by atoms with van der Waals surface area (Å²) in [6.45, 7) is 4.35. The lowest BCUT2D eigenvalue weighted by atomic mass is 10.0. The smallest absolute Gasteiger partial charge is 0.136 e. The van der Waals surface area contributed by atoms with Crippen molar-refractivity contribution in [3.8, 4) is 0 Å². The average molecular weight is 324 g/mol. The highest BCUT2D eigenvalue weighted by Gasteiger charge is 2.00. The van der Waals surface area contributed by atoms with Crippen molar-refractivity contribution in [2.45, 2.75) is 129 Å². The van der Waals surface area contributed by atoms with Crippen LogP contribution in [-0.4, -0.2) is 5.78 Å². The largest absolute Gasteiger partial charge is 0.299 e. The number of carbonyl (C=O) groups is 1. The van der Waals surface area contributed by atoms with Crippen molar-refractivity contribution in [3.63, 3.8) is 0 Å². The Labute approximate surface area is 147 Å². The highest BCUT2D eigenvalue weighted by molar-refractivity contribution is 5.86. The van der Waals surface area contributed by atoms with Gasteiger partial charge >= 0.3 is 0 Å². The molecular weight excluding hydrogens is 280 g/mol. The van der Waals surface area contributed by atoms with E-state index in [0.717, 1.165) is 19.3 Å². The molecular formula is C22H43O. The molecule has 1 radical (unpaired) electrons. The fraction of sp³-hybridized carbons (Fsp3) is 0.909. The molecule has 0 saturated carbocycles. The van der Waals surface area contributed by atoms with Crippen LogP contribution < -0.4 is 0 Å². The maximum absolute atomic E-state index is 11.3. The third kappa shape index (κ3) is 19.6. The van der Waals surface area contributed by atoms with Gasteiger partial charge in [0.15, 0.2) is 0 Å². The first-order valence-corrected chi connectivity index (χ1v) is 10.7. The van der Waals surface area contributed by atoms with Crippen LogP contribution in [0.4, 0.5) is 0 Å². The normalized spacial score (nSPS) is 11.0. The summed E-state index contributed by atoms with van der Waals surface area (Å²) >= 11 is 0. The molecule has 23 heavy (non-hydrogen) atoms. The third-order valence-corrected chi connectivity index (χ3v) is 4.68. The van der Waals surface area contributed by atoms with Crippen LogP contribution in [0, 0.1) is 6.42 Å². The van der Waals surface area contributed by atoms with Crippen molar-refractivity contribution in [3.05, 3.63) is 6.42 Å². The lowest BCUT2D eigenvalue weighted by Gasteiger charge is -2.03. The molecule has 0 saturated heterocycles. The van der Waals surface area contributed by atoms with Gasteiger partial charge in [0.1, 0.15) is 5.78 Å². The van der Waals surface area contributed by atoms with Gasteiger partial charge in [-0.3, -0.25) is 4.79 Å². The first-order chi connectivity index (χ1) is 11.3. The van der Waals surface area contributed by atoms with Gasteiger partial charge < -0.3 is 0 Å². The standard InChI is InChI=1S/C22H43O/c1-3-5-6-7-8-9-10-11-12-13-14-15-16-17-18-19-21-22(23)20-4-2/h21H,3-20H2,1-2H3. The average Bonchev–Trinajstić information content (AvgIpc) is 2.54. The summed E-state index contributed by atoms with van der Waals surface area (Å²) in [6.07, 6.45) is 25.6. The van der Waals surface area contributed by atoms with Crippen molar-refractivity contribution in [2.75, 3.05) is 0 Å². The monoisotopic (exact) mass is 323 g/mol. The summed E-state index contributed by atoms with van der Waals surface area (Å²) in [6, 6.07) is 0. The van der Waals surface area contributed by atoms with Crippen molar-refractivity contribution >= 4 is 5.78 Å². The summed E-state index contributed by atoms with van der Waals surface area (Å²) in [5.41, 5.74) is 0. The zero-order valence-electron chi connectivity index (χ0n) is 16.2. The Balaban J connectivity index is 3.01. The van der Waals surface area contributed by atoms with E-state index in [2.05, 4.69) is 13.8 Å². The molecule has 0 bridgehead atoms. The van der Waals surface area contributed by atoms with Crippen LogP contribution in [0.1, 0.15) is 129 Å². The van der Waals surface area contributed by atoms with Crippen LogP contribution in [0.3, 0.4) is 0 Å². The maximum Gasteiger partial charge on any atom is 0.136 e. The van der Waals surface area contributed by atoms with E-state index >= 15 is 0 Å². The SMILES string of the molecule is CCCCCCCCCCCCCCCCC[CH]C(=O)CCC. The molecule has 0 fully saturated rings. The van der Waals surface area contributed by atoms with Gasteiger partial charge in [0.2, 0.25) is 0 Å². The second-order valence-electron chi connectivity index (χ2n) is 7.16. The quantitative estimate of drug-likeness (QED) is 0.221. The van der Waals surface area contributed by atoms with E-state index in [0.29, 0.717) is 5.78 Å². The first kappa shape index (κ1) is 22.7. The Morgan fingerprint density at radius 1 is 0.565 bits per heavy atom. The number of unbranched alkanes of at least 4 members (excludes halogenated alkanes) is 15. The second kappa shape index (κ2) is 19.7. The summed E-state index contributed by atoms with van der Waals surface area (Å²) in [5, 5.41) is 0. The van der Waals surface area contributed by atoms with Gasteiger partial charge in [-0.15, -0.1) is 0 Å². The molecule has 0 aromatic carbocycles. The van der Waals surface area contributed by atoms with Crippen LogP contribution in [0.15, 0.2) is 0 Å². The zero-order chi connectivity index (χ0) is 17.0. The fourth-order valence-electron chi connectivity index (χ4n) is 3.13. The van der Waals surface area contributed by atoms with E-state index < -0.39 is 0 Å². The summed E-state index contributed by atoms with van der Waals surface area (Å²) in [4.78, 5) is 11.3. The molecule has 0 rings (SSSR count). The van der Waals surface area contributed by atoms with Gasteiger partial charge in [0.25, 0.3) is 0 Å². The van der Waals surface area contributed by atoms with Gasteiger partial charge in [0.05, 0.1) is 0 Å². The van der Waals surface area contributed by atoms with E-state index in [-0.39, 0.29) is 0 Å². The number of hydrogen-bond donors (Lipinski definition) is 0. The number of rotatable bonds is 19. The summed E-state index contributed by atoms with van der Waals surface area (Å²) < 4.78 is 0. The maximum atomic E-state index is 11.3. The van der Waals surface area contributed by atoms with Crippen LogP contribution in [-0.2, 0) is 4.79 Å². The Hall–Kier alpha value is -0.330. The Morgan fingerprint density at radius 3 is 1.35 bits per heavy atom. The molecule has 0 unspecified atom stereocenters. The van der Waals surface area contributed by atoms with E-state index in [1.165, 1.54) is 96.3 Å². The minimum Gasteiger partial charge on any atom is -0.299 e.